The average Bonchev–Trinajstić information content (AvgIpc) is 3.01. The molecule has 5 heteroatoms. The maximum atomic E-state index is 13.0. The van der Waals surface area contributed by atoms with Crippen molar-refractivity contribution in [2.45, 2.75) is 38.5 Å². The van der Waals surface area contributed by atoms with E-state index in [2.05, 4.69) is 4.85 Å². The third-order valence-corrected chi connectivity index (χ3v) is 5.73. The third-order valence-electron chi connectivity index (χ3n) is 5.73. The van der Waals surface area contributed by atoms with Crippen molar-refractivity contribution in [1.82, 2.24) is 0 Å². The second kappa shape index (κ2) is 7.94. The molecule has 28 heavy (non-hydrogen) atoms. The highest BCUT2D eigenvalue weighted by Crippen LogP contribution is 2.38. The highest BCUT2D eigenvalue weighted by molar-refractivity contribution is 6.15. The molecular formula is C23H22N2O3. The Hall–Kier alpha value is -2.99. The van der Waals surface area contributed by atoms with Crippen LogP contribution in [0.25, 0.3) is 32.1 Å². The summed E-state index contributed by atoms with van der Waals surface area (Å²) in [6.45, 7) is 11.2. The summed E-state index contributed by atoms with van der Waals surface area (Å²) < 4.78 is 0. The summed E-state index contributed by atoms with van der Waals surface area (Å²) in [4.78, 5) is 16.3. The van der Waals surface area contributed by atoms with Gasteiger partial charge in [-0.25, -0.2) is 10.1 Å². The minimum Gasteiger partial charge on any atom is -0.396 e. The van der Waals surface area contributed by atoms with Gasteiger partial charge in [0.1, 0.15) is 0 Å². The van der Waals surface area contributed by atoms with Crippen molar-refractivity contribution in [1.29, 1.82) is 5.26 Å². The van der Waals surface area contributed by atoms with E-state index in [1.54, 1.807) is 12.1 Å². The summed E-state index contributed by atoms with van der Waals surface area (Å²) in [6.07, 6.45) is 1.46. The molecule has 2 N–H and O–H groups in total. The van der Waals surface area contributed by atoms with Crippen molar-refractivity contribution >= 4 is 27.2 Å². The lowest BCUT2D eigenvalue weighted by Gasteiger charge is -2.21. The van der Waals surface area contributed by atoms with Crippen molar-refractivity contribution in [2.75, 3.05) is 13.2 Å². The second-order valence-electron chi connectivity index (χ2n) is 7.01. The molecule has 3 aromatic rings. The second-order valence-corrected chi connectivity index (χ2v) is 7.01. The van der Waals surface area contributed by atoms with Crippen LogP contribution in [0.3, 0.4) is 0 Å². The molecular weight excluding hydrogens is 352 g/mol. The maximum absolute atomic E-state index is 13.0. The molecule has 3 aromatic carbocycles. The summed E-state index contributed by atoms with van der Waals surface area (Å²) in [6, 6.07) is 9.11. The first kappa shape index (κ1) is 19.8. The zero-order chi connectivity index (χ0) is 20.4. The van der Waals surface area contributed by atoms with Crippen molar-refractivity contribution < 1.29 is 10.2 Å². The van der Waals surface area contributed by atoms with E-state index in [4.69, 9.17) is 6.57 Å². The molecule has 0 saturated carbocycles. The lowest BCUT2D eigenvalue weighted by molar-refractivity contribution is 0.261. The fourth-order valence-corrected chi connectivity index (χ4v) is 4.15. The number of aliphatic hydroxyl groups excluding tert-OH is 2. The Balaban J connectivity index is 2.64. The molecule has 0 spiro atoms. The molecule has 0 aliphatic carbocycles. The molecule has 0 fully saturated rings. The van der Waals surface area contributed by atoms with Gasteiger partial charge in [0.25, 0.3) is 5.70 Å². The van der Waals surface area contributed by atoms with E-state index >= 15 is 0 Å². The topological polar surface area (TPSA) is 85.7 Å². The molecule has 0 aliphatic rings. The van der Waals surface area contributed by atoms with Crippen LogP contribution >= 0.6 is 0 Å². The molecule has 142 valence electrons. The van der Waals surface area contributed by atoms with Gasteiger partial charge in [-0.1, -0.05) is 38.1 Å². The molecule has 2 atom stereocenters. The summed E-state index contributed by atoms with van der Waals surface area (Å²) in [5.41, 5.74) is 1.34. The Morgan fingerprint density at radius 1 is 1.04 bits per heavy atom. The summed E-state index contributed by atoms with van der Waals surface area (Å²) in [7, 11) is 0. The van der Waals surface area contributed by atoms with E-state index in [0.717, 1.165) is 34.7 Å². The van der Waals surface area contributed by atoms with Gasteiger partial charge in [-0.2, -0.15) is 0 Å². The smallest absolute Gasteiger partial charge is 0.273 e. The number of nitrogens with zero attached hydrogens (tertiary/aromatic N) is 2. The van der Waals surface area contributed by atoms with Gasteiger partial charge in [-0.05, 0) is 34.7 Å². The van der Waals surface area contributed by atoms with Crippen LogP contribution < -0.4 is 10.6 Å². The minimum atomic E-state index is -0.314. The van der Waals surface area contributed by atoms with Crippen LogP contribution in [0.15, 0.2) is 29.1 Å². The van der Waals surface area contributed by atoms with E-state index in [0.29, 0.717) is 10.8 Å². The van der Waals surface area contributed by atoms with Crippen LogP contribution in [0.2, 0.25) is 0 Å². The fraction of sp³-hybridized carbons (Fsp3) is 0.348. The minimum absolute atomic E-state index is 0.0212. The molecule has 0 radical (unpaired) electrons. The van der Waals surface area contributed by atoms with Crippen LogP contribution in [0.4, 0.5) is 0 Å². The number of hydrogen-bond donors (Lipinski definition) is 2. The van der Waals surface area contributed by atoms with Gasteiger partial charge >= 0.3 is 0 Å². The Morgan fingerprint density at radius 3 is 2.00 bits per heavy atom. The van der Waals surface area contributed by atoms with Crippen molar-refractivity contribution in [2.24, 2.45) is 0 Å². The predicted molar refractivity (Wildman–Crippen MR) is 110 cm³/mol. The highest BCUT2D eigenvalue weighted by Gasteiger charge is 2.23. The van der Waals surface area contributed by atoms with Gasteiger partial charge < -0.3 is 10.2 Å². The SMILES string of the molecule is [C-]#[N+]/C(C#N)=c1\c(=O)c2ccc(C(CC)CO)c3c(C(CC)CO)ccc1c32. The fourth-order valence-electron chi connectivity index (χ4n) is 4.15. The van der Waals surface area contributed by atoms with Gasteiger partial charge in [0.15, 0.2) is 5.43 Å². The maximum Gasteiger partial charge on any atom is 0.273 e. The molecule has 5 nitrogen and oxygen atoms in total. The lowest BCUT2D eigenvalue weighted by Crippen LogP contribution is -2.21. The average molecular weight is 374 g/mol. The monoisotopic (exact) mass is 374 g/mol. The predicted octanol–water partition coefficient (Wildman–Crippen LogP) is 3.03. The van der Waals surface area contributed by atoms with Crippen LogP contribution in [-0.2, 0) is 0 Å². The largest absolute Gasteiger partial charge is 0.396 e. The van der Waals surface area contributed by atoms with Crippen LogP contribution in [0.1, 0.15) is 49.7 Å². The Bertz CT molecular complexity index is 1180. The van der Waals surface area contributed by atoms with Gasteiger partial charge in [-0.3, -0.25) is 4.79 Å². The van der Waals surface area contributed by atoms with E-state index in [1.807, 2.05) is 32.0 Å². The zero-order valence-electron chi connectivity index (χ0n) is 16.0. The quantitative estimate of drug-likeness (QED) is 0.650. The van der Waals surface area contributed by atoms with Crippen molar-refractivity contribution in [3.63, 3.8) is 0 Å². The van der Waals surface area contributed by atoms with Crippen LogP contribution in [-0.4, -0.2) is 23.4 Å². The first-order valence-corrected chi connectivity index (χ1v) is 9.45. The summed E-state index contributed by atoms with van der Waals surface area (Å²) >= 11 is 0. The molecule has 0 bridgehead atoms. The summed E-state index contributed by atoms with van der Waals surface area (Å²) in [5.74, 6) is -0.197. The van der Waals surface area contributed by atoms with E-state index < -0.39 is 0 Å². The Labute approximate surface area is 163 Å². The lowest BCUT2D eigenvalue weighted by atomic mass is 9.84. The normalized spacial score (nSPS) is 14.6. The first-order valence-electron chi connectivity index (χ1n) is 9.45. The molecule has 0 amide bonds. The Kier molecular flexibility index (Phi) is 5.61. The zero-order valence-corrected chi connectivity index (χ0v) is 16.0. The molecule has 0 aromatic heterocycles. The van der Waals surface area contributed by atoms with Crippen molar-refractivity contribution in [3.8, 4) is 6.07 Å². The molecule has 0 aliphatic heterocycles. The number of rotatable bonds is 6. The standard InChI is InChI=1S/C23H22N2O3/c1-4-13(11-26)15-6-8-17-21-18(23(28)22(17)19(10-24)25-3)9-7-16(20(15)21)14(5-2)12-27/h6-9,13-14,26-27H,4-5,11-12H2,1-2H3/b22-19-. The van der Waals surface area contributed by atoms with Gasteiger partial charge in [0.2, 0.25) is 0 Å². The van der Waals surface area contributed by atoms with Crippen molar-refractivity contribution in [3.05, 3.63) is 62.3 Å². The number of benzene rings is 2. The van der Waals surface area contributed by atoms with Gasteiger partial charge in [-0.15, -0.1) is 0 Å². The molecule has 0 saturated heterocycles. The van der Waals surface area contributed by atoms with Gasteiger partial charge in [0, 0.05) is 41.0 Å². The molecule has 3 rings (SSSR count). The number of hydrogen-bond acceptors (Lipinski definition) is 4. The van der Waals surface area contributed by atoms with E-state index in [-0.39, 0.29) is 41.4 Å². The summed E-state index contributed by atoms with van der Waals surface area (Å²) in [5, 5.41) is 31.9. The van der Waals surface area contributed by atoms with Crippen LogP contribution in [0, 0.1) is 17.9 Å². The first-order chi connectivity index (χ1) is 13.6. The molecule has 0 heterocycles. The van der Waals surface area contributed by atoms with E-state index in [9.17, 15) is 20.3 Å². The van der Waals surface area contributed by atoms with E-state index in [1.165, 1.54) is 0 Å². The van der Waals surface area contributed by atoms with Crippen LogP contribution in [0.5, 0.6) is 0 Å². The van der Waals surface area contributed by atoms with Gasteiger partial charge in [0.05, 0.1) is 12.6 Å². The number of aliphatic hydroxyl groups is 2. The highest BCUT2D eigenvalue weighted by atomic mass is 16.3. The number of nitriles is 1. The molecule has 2 unspecified atom stereocenters. The Morgan fingerprint density at radius 2 is 1.57 bits per heavy atom. The third kappa shape index (κ3) is 2.81.